The minimum atomic E-state index is 0.206. The fourth-order valence-corrected chi connectivity index (χ4v) is 3.74. The van der Waals surface area contributed by atoms with Gasteiger partial charge in [-0.1, -0.05) is 51.1 Å². The summed E-state index contributed by atoms with van der Waals surface area (Å²) in [4.78, 5) is 2.92. The van der Waals surface area contributed by atoms with Gasteiger partial charge in [-0.3, -0.25) is 0 Å². The maximum Gasteiger partial charge on any atom is 0.0302 e. The van der Waals surface area contributed by atoms with E-state index in [2.05, 4.69) is 75.5 Å². The maximum atomic E-state index is 3.67. The SMILES string of the molecule is CCc1ccc(CNC(C)CC(C)(C)c2ccccc2)s1. The van der Waals surface area contributed by atoms with E-state index in [4.69, 9.17) is 0 Å². The Morgan fingerprint density at radius 3 is 2.33 bits per heavy atom. The smallest absolute Gasteiger partial charge is 0.0302 e. The van der Waals surface area contributed by atoms with Crippen LogP contribution in [0.4, 0.5) is 0 Å². The zero-order chi connectivity index (χ0) is 15.3. The van der Waals surface area contributed by atoms with Crippen molar-refractivity contribution in [3.8, 4) is 0 Å². The van der Waals surface area contributed by atoms with Gasteiger partial charge in [-0.25, -0.2) is 0 Å². The number of rotatable bonds is 7. The molecule has 2 rings (SSSR count). The summed E-state index contributed by atoms with van der Waals surface area (Å²) in [6.45, 7) is 10.2. The van der Waals surface area contributed by atoms with Crippen molar-refractivity contribution in [3.63, 3.8) is 0 Å². The third-order valence-corrected chi connectivity index (χ3v) is 5.29. The number of thiophene rings is 1. The molecule has 21 heavy (non-hydrogen) atoms. The Morgan fingerprint density at radius 2 is 1.71 bits per heavy atom. The summed E-state index contributed by atoms with van der Waals surface area (Å²) in [6.07, 6.45) is 2.28. The van der Waals surface area contributed by atoms with Crippen molar-refractivity contribution in [3.05, 3.63) is 57.8 Å². The van der Waals surface area contributed by atoms with Crippen LogP contribution in [0, 0.1) is 0 Å². The lowest BCUT2D eigenvalue weighted by molar-refractivity contribution is 0.389. The van der Waals surface area contributed by atoms with E-state index < -0.39 is 0 Å². The van der Waals surface area contributed by atoms with Crippen molar-refractivity contribution in [2.24, 2.45) is 0 Å². The van der Waals surface area contributed by atoms with Gasteiger partial charge in [0.25, 0.3) is 0 Å². The Balaban J connectivity index is 1.87. The molecule has 1 N–H and O–H groups in total. The molecule has 1 aromatic heterocycles. The van der Waals surface area contributed by atoms with Crippen LogP contribution in [0.25, 0.3) is 0 Å². The lowest BCUT2D eigenvalue weighted by Gasteiger charge is -2.29. The van der Waals surface area contributed by atoms with Gasteiger partial charge < -0.3 is 5.32 Å². The average molecular weight is 301 g/mol. The van der Waals surface area contributed by atoms with Gasteiger partial charge in [0.2, 0.25) is 0 Å². The van der Waals surface area contributed by atoms with Crippen LogP contribution in [-0.2, 0) is 18.4 Å². The van der Waals surface area contributed by atoms with E-state index in [0.717, 1.165) is 19.4 Å². The highest BCUT2D eigenvalue weighted by molar-refractivity contribution is 7.11. The Hall–Kier alpha value is -1.12. The van der Waals surface area contributed by atoms with Crippen LogP contribution in [0.1, 0.15) is 49.4 Å². The van der Waals surface area contributed by atoms with E-state index in [1.807, 2.05) is 11.3 Å². The summed E-state index contributed by atoms with van der Waals surface area (Å²) in [7, 11) is 0. The van der Waals surface area contributed by atoms with Gasteiger partial charge in [0.15, 0.2) is 0 Å². The normalized spacial score (nSPS) is 13.3. The molecule has 0 fully saturated rings. The van der Waals surface area contributed by atoms with E-state index in [1.54, 1.807) is 0 Å². The third-order valence-electron chi connectivity index (χ3n) is 4.06. The largest absolute Gasteiger partial charge is 0.309 e. The lowest BCUT2D eigenvalue weighted by Crippen LogP contribution is -2.32. The average Bonchev–Trinajstić information content (AvgIpc) is 2.94. The van der Waals surface area contributed by atoms with Crippen LogP contribution in [0.15, 0.2) is 42.5 Å². The van der Waals surface area contributed by atoms with E-state index >= 15 is 0 Å². The van der Waals surface area contributed by atoms with Gasteiger partial charge in [-0.05, 0) is 42.9 Å². The van der Waals surface area contributed by atoms with Crippen LogP contribution in [0.2, 0.25) is 0 Å². The molecule has 0 aliphatic heterocycles. The maximum absolute atomic E-state index is 3.67. The number of aryl methyl sites for hydroxylation is 1. The molecule has 0 bridgehead atoms. The number of hydrogen-bond acceptors (Lipinski definition) is 2. The Labute approximate surface area is 133 Å². The molecule has 0 amide bonds. The van der Waals surface area contributed by atoms with Gasteiger partial charge in [-0.15, -0.1) is 11.3 Å². The predicted octanol–water partition coefficient (Wildman–Crippen LogP) is 5.16. The van der Waals surface area contributed by atoms with E-state index in [0.29, 0.717) is 6.04 Å². The van der Waals surface area contributed by atoms with Gasteiger partial charge in [0, 0.05) is 22.3 Å². The van der Waals surface area contributed by atoms with Crippen molar-refractivity contribution in [2.45, 2.75) is 58.5 Å². The molecule has 2 heteroatoms. The highest BCUT2D eigenvalue weighted by Crippen LogP contribution is 2.28. The first-order valence-electron chi connectivity index (χ1n) is 7.88. The first-order valence-corrected chi connectivity index (χ1v) is 8.69. The van der Waals surface area contributed by atoms with Crippen LogP contribution in [-0.4, -0.2) is 6.04 Å². The first-order chi connectivity index (χ1) is 10.0. The monoisotopic (exact) mass is 301 g/mol. The minimum Gasteiger partial charge on any atom is -0.309 e. The summed E-state index contributed by atoms with van der Waals surface area (Å²) in [5.74, 6) is 0. The minimum absolute atomic E-state index is 0.206. The van der Waals surface area contributed by atoms with Crippen LogP contribution >= 0.6 is 11.3 Å². The van der Waals surface area contributed by atoms with Crippen molar-refractivity contribution in [2.75, 3.05) is 0 Å². The second kappa shape index (κ2) is 7.24. The van der Waals surface area contributed by atoms with Gasteiger partial charge in [0.1, 0.15) is 0 Å². The van der Waals surface area contributed by atoms with E-state index in [9.17, 15) is 0 Å². The molecule has 1 atom stereocenters. The summed E-state index contributed by atoms with van der Waals surface area (Å²) in [6, 6.07) is 15.8. The van der Waals surface area contributed by atoms with Crippen LogP contribution in [0.5, 0.6) is 0 Å². The zero-order valence-corrected chi connectivity index (χ0v) is 14.5. The van der Waals surface area contributed by atoms with Gasteiger partial charge >= 0.3 is 0 Å². The Morgan fingerprint density at radius 1 is 1.05 bits per heavy atom. The number of nitrogens with one attached hydrogen (secondary N) is 1. The Kier molecular flexibility index (Phi) is 5.60. The molecule has 1 nitrogen and oxygen atoms in total. The second-order valence-electron chi connectivity index (χ2n) is 6.46. The van der Waals surface area contributed by atoms with Crippen molar-refractivity contribution in [1.29, 1.82) is 0 Å². The van der Waals surface area contributed by atoms with Crippen molar-refractivity contribution in [1.82, 2.24) is 5.32 Å². The second-order valence-corrected chi connectivity index (χ2v) is 7.71. The van der Waals surface area contributed by atoms with Crippen LogP contribution < -0.4 is 5.32 Å². The number of benzene rings is 1. The quantitative estimate of drug-likeness (QED) is 0.745. The predicted molar refractivity (Wildman–Crippen MR) is 94.1 cm³/mol. The summed E-state index contributed by atoms with van der Waals surface area (Å²) in [5.41, 5.74) is 1.63. The Bertz CT molecular complexity index is 542. The molecule has 114 valence electrons. The summed E-state index contributed by atoms with van der Waals surface area (Å²) >= 11 is 1.93. The molecular weight excluding hydrogens is 274 g/mol. The van der Waals surface area contributed by atoms with Crippen molar-refractivity contribution < 1.29 is 0 Å². The standard InChI is InChI=1S/C19H27NS/c1-5-17-11-12-18(21-17)14-20-15(2)13-19(3,4)16-9-7-6-8-10-16/h6-12,15,20H,5,13-14H2,1-4H3. The molecular formula is C19H27NS. The molecule has 0 aliphatic rings. The van der Waals surface area contributed by atoms with Gasteiger partial charge in [-0.2, -0.15) is 0 Å². The number of hydrogen-bond donors (Lipinski definition) is 1. The van der Waals surface area contributed by atoms with Gasteiger partial charge in [0.05, 0.1) is 0 Å². The van der Waals surface area contributed by atoms with Crippen molar-refractivity contribution >= 4 is 11.3 Å². The fourth-order valence-electron chi connectivity index (χ4n) is 2.83. The summed E-state index contributed by atoms with van der Waals surface area (Å²) < 4.78 is 0. The highest BCUT2D eigenvalue weighted by atomic mass is 32.1. The molecule has 0 radical (unpaired) electrons. The molecule has 0 saturated carbocycles. The lowest BCUT2D eigenvalue weighted by atomic mass is 9.79. The van der Waals surface area contributed by atoms with Crippen LogP contribution in [0.3, 0.4) is 0 Å². The van der Waals surface area contributed by atoms with E-state index in [-0.39, 0.29) is 5.41 Å². The topological polar surface area (TPSA) is 12.0 Å². The summed E-state index contributed by atoms with van der Waals surface area (Å²) in [5, 5.41) is 3.67. The molecule has 1 unspecified atom stereocenters. The molecule has 0 saturated heterocycles. The molecule has 0 spiro atoms. The molecule has 1 heterocycles. The first kappa shape index (κ1) is 16.3. The zero-order valence-electron chi connectivity index (χ0n) is 13.6. The highest BCUT2D eigenvalue weighted by Gasteiger charge is 2.22. The van der Waals surface area contributed by atoms with E-state index in [1.165, 1.54) is 15.3 Å². The molecule has 2 aromatic rings. The fraction of sp³-hybridized carbons (Fsp3) is 0.474. The molecule has 1 aromatic carbocycles. The third kappa shape index (κ3) is 4.69. The molecule has 0 aliphatic carbocycles.